The van der Waals surface area contributed by atoms with Crippen LogP contribution in [0.3, 0.4) is 0 Å². The van der Waals surface area contributed by atoms with Gasteiger partial charge in [0, 0.05) is 36.1 Å². The van der Waals surface area contributed by atoms with Gasteiger partial charge in [0.05, 0.1) is 18.2 Å². The zero-order valence-corrected chi connectivity index (χ0v) is 16.1. The normalized spacial score (nSPS) is 18.5. The van der Waals surface area contributed by atoms with Gasteiger partial charge < -0.3 is 19.0 Å². The molecule has 4 rings (SSSR count). The number of carbonyl (C=O) groups excluding carboxylic acids is 2. The molecule has 3 heterocycles. The summed E-state index contributed by atoms with van der Waals surface area (Å²) in [4.78, 5) is 31.0. The fraction of sp³-hybridized carbons (Fsp3) is 0.190. The van der Waals surface area contributed by atoms with Crippen LogP contribution in [0.2, 0.25) is 5.02 Å². The number of carbonyl (C=O) groups is 2. The number of rotatable bonds is 6. The second kappa shape index (κ2) is 7.97. The second-order valence-corrected chi connectivity index (χ2v) is 7.11. The molecule has 0 unspecified atom stereocenters. The molecule has 148 valence electrons. The van der Waals surface area contributed by atoms with E-state index in [1.807, 2.05) is 10.8 Å². The van der Waals surface area contributed by atoms with Gasteiger partial charge in [-0.05, 0) is 42.8 Å². The molecule has 0 bridgehead atoms. The zero-order valence-electron chi connectivity index (χ0n) is 15.4. The number of halogens is 1. The molecule has 1 aromatic carbocycles. The average molecular weight is 412 g/mol. The number of aromatic nitrogens is 2. The topological polar surface area (TPSA) is 88.6 Å². The molecule has 29 heavy (non-hydrogen) atoms. The van der Waals surface area contributed by atoms with Crippen LogP contribution < -0.4 is 0 Å². The predicted octanol–water partition coefficient (Wildman–Crippen LogP) is 3.64. The van der Waals surface area contributed by atoms with Gasteiger partial charge in [-0.25, -0.2) is 4.98 Å². The third-order valence-electron chi connectivity index (χ3n) is 4.84. The zero-order chi connectivity index (χ0) is 20.4. The summed E-state index contributed by atoms with van der Waals surface area (Å²) in [6.07, 6.45) is 7.29. The summed E-state index contributed by atoms with van der Waals surface area (Å²) >= 11 is 5.91. The van der Waals surface area contributed by atoms with Crippen molar-refractivity contribution in [1.29, 1.82) is 0 Å². The van der Waals surface area contributed by atoms with Crippen molar-refractivity contribution in [2.45, 2.75) is 19.0 Å². The van der Waals surface area contributed by atoms with Gasteiger partial charge in [0.25, 0.3) is 11.7 Å². The number of imidazole rings is 1. The Morgan fingerprint density at radius 3 is 2.62 bits per heavy atom. The number of nitrogens with zero attached hydrogens (tertiary/aromatic N) is 3. The van der Waals surface area contributed by atoms with E-state index in [4.69, 9.17) is 16.0 Å². The standard InChI is InChI=1S/C21H18ClN3O4/c22-15-6-4-14(5-7-15)19(26)17-18(16-3-1-12-29-16)25(21(28)20(17)27)10-2-9-24-11-8-23-13-24/h1,3-8,11-13,18,26H,2,9-10H2/b19-17+/t18-/m0/s1. The van der Waals surface area contributed by atoms with Crippen LogP contribution in [0.15, 0.2) is 71.4 Å². The third kappa shape index (κ3) is 3.69. The minimum Gasteiger partial charge on any atom is -0.507 e. The van der Waals surface area contributed by atoms with E-state index in [9.17, 15) is 14.7 Å². The lowest BCUT2D eigenvalue weighted by atomic mass is 9.99. The number of aliphatic hydroxyl groups excluding tert-OH is 1. The highest BCUT2D eigenvalue weighted by Crippen LogP contribution is 2.39. The number of hydrogen-bond donors (Lipinski definition) is 1. The van der Waals surface area contributed by atoms with Crippen LogP contribution in [-0.2, 0) is 16.1 Å². The van der Waals surface area contributed by atoms with Crippen LogP contribution in [0.1, 0.15) is 23.8 Å². The Hall–Kier alpha value is -3.32. The van der Waals surface area contributed by atoms with Gasteiger partial charge in [-0.15, -0.1) is 0 Å². The predicted molar refractivity (Wildman–Crippen MR) is 106 cm³/mol. The summed E-state index contributed by atoms with van der Waals surface area (Å²) in [5, 5.41) is 11.3. The maximum Gasteiger partial charge on any atom is 0.295 e. The molecule has 1 saturated heterocycles. The number of aliphatic hydroxyl groups is 1. The van der Waals surface area contributed by atoms with Crippen LogP contribution in [0.5, 0.6) is 0 Å². The van der Waals surface area contributed by atoms with Gasteiger partial charge in [0.15, 0.2) is 0 Å². The summed E-state index contributed by atoms with van der Waals surface area (Å²) in [5.41, 5.74) is 0.414. The Bertz CT molecular complexity index is 1040. The van der Waals surface area contributed by atoms with Crippen LogP contribution in [-0.4, -0.2) is 37.8 Å². The first-order chi connectivity index (χ1) is 14.1. The monoisotopic (exact) mass is 411 g/mol. The van der Waals surface area contributed by atoms with Gasteiger partial charge >= 0.3 is 0 Å². The number of amides is 1. The van der Waals surface area contributed by atoms with Gasteiger partial charge in [-0.2, -0.15) is 0 Å². The van der Waals surface area contributed by atoms with Crippen molar-refractivity contribution in [3.8, 4) is 0 Å². The second-order valence-electron chi connectivity index (χ2n) is 6.67. The molecule has 3 aromatic rings. The largest absolute Gasteiger partial charge is 0.507 e. The van der Waals surface area contributed by atoms with Crippen molar-refractivity contribution in [3.05, 3.63) is 83.3 Å². The van der Waals surface area contributed by atoms with Crippen LogP contribution in [0, 0.1) is 0 Å². The van der Waals surface area contributed by atoms with E-state index in [1.165, 1.54) is 11.2 Å². The molecule has 1 atom stereocenters. The molecular formula is C21H18ClN3O4. The maximum atomic E-state index is 12.8. The van der Waals surface area contributed by atoms with E-state index in [1.54, 1.807) is 48.9 Å². The Morgan fingerprint density at radius 1 is 1.17 bits per heavy atom. The molecule has 1 fully saturated rings. The lowest BCUT2D eigenvalue weighted by Crippen LogP contribution is -2.31. The van der Waals surface area contributed by atoms with E-state index in [-0.39, 0.29) is 11.3 Å². The Morgan fingerprint density at radius 2 is 1.97 bits per heavy atom. The first-order valence-electron chi connectivity index (χ1n) is 9.10. The molecule has 8 heteroatoms. The summed E-state index contributed by atoms with van der Waals surface area (Å²) in [6, 6.07) is 9.01. The minimum atomic E-state index is -0.788. The number of Topliss-reactive ketones (excluding diaryl/α,β-unsaturated/α-hetero) is 1. The molecule has 0 radical (unpaired) electrons. The quantitative estimate of drug-likeness (QED) is 0.380. The van der Waals surface area contributed by atoms with Crippen molar-refractivity contribution in [2.75, 3.05) is 6.54 Å². The number of furan rings is 1. The van der Waals surface area contributed by atoms with Crippen molar-refractivity contribution in [3.63, 3.8) is 0 Å². The van der Waals surface area contributed by atoms with Crippen molar-refractivity contribution >= 4 is 29.1 Å². The minimum absolute atomic E-state index is 0.00917. The fourth-order valence-electron chi connectivity index (χ4n) is 3.46. The van der Waals surface area contributed by atoms with Gasteiger partial charge in [-0.1, -0.05) is 11.6 Å². The molecule has 1 aliphatic heterocycles. The van der Waals surface area contributed by atoms with Gasteiger partial charge in [0.2, 0.25) is 0 Å². The third-order valence-corrected chi connectivity index (χ3v) is 5.10. The van der Waals surface area contributed by atoms with E-state index < -0.39 is 17.7 Å². The van der Waals surface area contributed by atoms with Crippen LogP contribution in [0.4, 0.5) is 0 Å². The molecule has 2 aromatic heterocycles. The highest BCUT2D eigenvalue weighted by Gasteiger charge is 2.47. The molecule has 1 amide bonds. The van der Waals surface area contributed by atoms with E-state index in [2.05, 4.69) is 4.98 Å². The van der Waals surface area contributed by atoms with E-state index >= 15 is 0 Å². The molecular weight excluding hydrogens is 394 g/mol. The first kappa shape index (κ1) is 19.0. The highest BCUT2D eigenvalue weighted by molar-refractivity contribution is 6.46. The summed E-state index contributed by atoms with van der Waals surface area (Å²) in [7, 11) is 0. The summed E-state index contributed by atoms with van der Waals surface area (Å²) < 4.78 is 7.40. The first-order valence-corrected chi connectivity index (χ1v) is 9.47. The summed E-state index contributed by atoms with van der Waals surface area (Å²) in [6.45, 7) is 0.969. The van der Waals surface area contributed by atoms with Crippen molar-refractivity contribution in [2.24, 2.45) is 0 Å². The highest BCUT2D eigenvalue weighted by atomic mass is 35.5. The van der Waals surface area contributed by atoms with E-state index in [0.717, 1.165) is 0 Å². The Kier molecular flexibility index (Phi) is 5.22. The lowest BCUT2D eigenvalue weighted by molar-refractivity contribution is -0.140. The van der Waals surface area contributed by atoms with Crippen molar-refractivity contribution in [1.82, 2.24) is 14.5 Å². The maximum absolute atomic E-state index is 12.8. The van der Waals surface area contributed by atoms with Crippen LogP contribution >= 0.6 is 11.6 Å². The van der Waals surface area contributed by atoms with Gasteiger partial charge in [-0.3, -0.25) is 9.59 Å². The molecule has 7 nitrogen and oxygen atoms in total. The van der Waals surface area contributed by atoms with Gasteiger partial charge in [0.1, 0.15) is 17.6 Å². The smallest absolute Gasteiger partial charge is 0.295 e. The number of hydrogen-bond acceptors (Lipinski definition) is 5. The number of likely N-dealkylation sites (tertiary alicyclic amines) is 1. The number of ketones is 1. The Labute approximate surface area is 171 Å². The molecule has 1 N–H and O–H groups in total. The molecule has 0 aliphatic carbocycles. The fourth-order valence-corrected chi connectivity index (χ4v) is 3.59. The van der Waals surface area contributed by atoms with E-state index in [0.29, 0.717) is 35.9 Å². The Balaban J connectivity index is 1.68. The lowest BCUT2D eigenvalue weighted by Gasteiger charge is -2.23. The SMILES string of the molecule is O=C1C(=O)N(CCCn2ccnc2)[C@@H](c2ccco2)/C1=C(\O)c1ccc(Cl)cc1. The molecule has 0 saturated carbocycles. The number of benzene rings is 1. The summed E-state index contributed by atoms with van der Waals surface area (Å²) in [5.74, 6) is -1.23. The average Bonchev–Trinajstić information content (AvgIpc) is 3.46. The van der Waals surface area contributed by atoms with Crippen molar-refractivity contribution < 1.29 is 19.1 Å². The molecule has 1 aliphatic rings. The molecule has 0 spiro atoms. The number of aryl methyl sites for hydroxylation is 1. The van der Waals surface area contributed by atoms with Crippen LogP contribution in [0.25, 0.3) is 5.76 Å².